The normalized spacial score (nSPS) is 27.9. The Kier molecular flexibility index (Phi) is 1.40. The van der Waals surface area contributed by atoms with Crippen molar-refractivity contribution in [1.82, 2.24) is 5.32 Å². The van der Waals surface area contributed by atoms with Gasteiger partial charge in [-0.3, -0.25) is 0 Å². The third-order valence-corrected chi connectivity index (χ3v) is 2.96. The van der Waals surface area contributed by atoms with Gasteiger partial charge in [0.25, 0.3) is 0 Å². The Hall–Kier alpha value is -1.51. The average molecular weight is 189 g/mol. The van der Waals surface area contributed by atoms with Crippen molar-refractivity contribution >= 4 is 6.09 Å². The number of rotatable bonds is 0. The van der Waals surface area contributed by atoms with E-state index in [-0.39, 0.29) is 18.2 Å². The van der Waals surface area contributed by atoms with Crippen molar-refractivity contribution in [2.75, 3.05) is 0 Å². The van der Waals surface area contributed by atoms with E-state index in [4.69, 9.17) is 4.74 Å². The van der Waals surface area contributed by atoms with Gasteiger partial charge >= 0.3 is 6.09 Å². The molecule has 0 aromatic heterocycles. The molecule has 2 aliphatic rings. The first kappa shape index (κ1) is 7.85. The standard InChI is InChI=1S/C11H11NO2/c1-6-2-3-7-5-9-10(8(7)4-6)12-11(13)14-9/h2-4,9-10H,5H2,1H3,(H,12,13)/t9-,10+/m0/s1. The molecule has 0 radical (unpaired) electrons. The van der Waals surface area contributed by atoms with Crippen LogP contribution >= 0.6 is 0 Å². The lowest BCUT2D eigenvalue weighted by molar-refractivity contribution is 0.136. The first-order valence-electron chi connectivity index (χ1n) is 4.80. The molecular weight excluding hydrogens is 178 g/mol. The first-order valence-corrected chi connectivity index (χ1v) is 4.80. The van der Waals surface area contributed by atoms with Crippen LogP contribution in [0.4, 0.5) is 4.79 Å². The van der Waals surface area contributed by atoms with Crippen molar-refractivity contribution in [2.24, 2.45) is 0 Å². The van der Waals surface area contributed by atoms with Gasteiger partial charge in [0.05, 0.1) is 6.04 Å². The maximum Gasteiger partial charge on any atom is 0.408 e. The van der Waals surface area contributed by atoms with Crippen molar-refractivity contribution in [3.8, 4) is 0 Å². The number of fused-ring (bicyclic) bond motifs is 3. The molecule has 1 heterocycles. The second-order valence-corrected chi connectivity index (χ2v) is 3.97. The highest BCUT2D eigenvalue weighted by Crippen LogP contribution is 2.36. The summed E-state index contributed by atoms with van der Waals surface area (Å²) in [6, 6.07) is 6.44. The number of nitrogens with one attached hydrogen (secondary N) is 1. The number of carbonyl (C=O) groups excluding carboxylic acids is 1. The van der Waals surface area contributed by atoms with Gasteiger partial charge < -0.3 is 10.1 Å². The minimum absolute atomic E-state index is 0.0132. The molecule has 1 aliphatic heterocycles. The summed E-state index contributed by atoms with van der Waals surface area (Å²) in [4.78, 5) is 11.0. The Labute approximate surface area is 82.1 Å². The lowest BCUT2D eigenvalue weighted by Gasteiger charge is -2.07. The van der Waals surface area contributed by atoms with Crippen LogP contribution in [0.2, 0.25) is 0 Å². The third-order valence-electron chi connectivity index (χ3n) is 2.96. The van der Waals surface area contributed by atoms with Gasteiger partial charge in [-0.1, -0.05) is 23.8 Å². The Morgan fingerprint density at radius 1 is 1.50 bits per heavy atom. The Balaban J connectivity index is 2.07. The molecule has 0 saturated carbocycles. The van der Waals surface area contributed by atoms with Gasteiger partial charge in [-0.2, -0.15) is 0 Å². The summed E-state index contributed by atoms with van der Waals surface area (Å²) in [5.74, 6) is 0. The fourth-order valence-corrected chi connectivity index (χ4v) is 2.30. The molecule has 1 fully saturated rings. The number of ether oxygens (including phenoxy) is 1. The summed E-state index contributed by atoms with van der Waals surface area (Å²) in [7, 11) is 0. The molecule has 1 saturated heterocycles. The lowest BCUT2D eigenvalue weighted by atomic mass is 10.1. The van der Waals surface area contributed by atoms with E-state index in [9.17, 15) is 4.79 Å². The van der Waals surface area contributed by atoms with Crippen LogP contribution in [-0.2, 0) is 11.2 Å². The van der Waals surface area contributed by atoms with E-state index in [0.717, 1.165) is 6.42 Å². The summed E-state index contributed by atoms with van der Waals surface area (Å²) in [5.41, 5.74) is 3.75. The van der Waals surface area contributed by atoms with Crippen LogP contribution in [0.3, 0.4) is 0 Å². The summed E-state index contributed by atoms with van der Waals surface area (Å²) in [5, 5.41) is 2.84. The molecule has 3 heteroatoms. The molecule has 1 aromatic carbocycles. The molecule has 14 heavy (non-hydrogen) atoms. The van der Waals surface area contributed by atoms with Crippen LogP contribution in [-0.4, -0.2) is 12.2 Å². The van der Waals surface area contributed by atoms with Crippen molar-refractivity contribution in [3.63, 3.8) is 0 Å². The fraction of sp³-hybridized carbons (Fsp3) is 0.364. The van der Waals surface area contributed by atoms with Gasteiger partial charge in [-0.25, -0.2) is 4.79 Å². The second-order valence-electron chi connectivity index (χ2n) is 3.97. The SMILES string of the molecule is Cc1ccc2c(c1)[C@H]1NC(=O)O[C@H]1C2. The molecular formula is C11H11NO2. The van der Waals surface area contributed by atoms with Gasteiger partial charge in [-0.15, -0.1) is 0 Å². The molecule has 0 unspecified atom stereocenters. The lowest BCUT2D eigenvalue weighted by Crippen LogP contribution is -2.18. The minimum atomic E-state index is -0.285. The van der Waals surface area contributed by atoms with Crippen molar-refractivity contribution in [1.29, 1.82) is 0 Å². The highest BCUT2D eigenvalue weighted by atomic mass is 16.6. The summed E-state index contributed by atoms with van der Waals surface area (Å²) >= 11 is 0. The van der Waals surface area contributed by atoms with Crippen LogP contribution in [0.5, 0.6) is 0 Å². The first-order chi connectivity index (χ1) is 6.74. The van der Waals surface area contributed by atoms with E-state index in [1.54, 1.807) is 0 Å². The zero-order valence-corrected chi connectivity index (χ0v) is 7.91. The van der Waals surface area contributed by atoms with E-state index in [1.165, 1.54) is 16.7 Å². The molecule has 3 rings (SSSR count). The molecule has 72 valence electrons. The molecule has 0 spiro atoms. The van der Waals surface area contributed by atoms with Gasteiger partial charge in [-0.05, 0) is 18.1 Å². The molecule has 1 aromatic rings. The molecule has 2 atom stereocenters. The molecule has 1 aliphatic carbocycles. The predicted octanol–water partition coefficient (Wildman–Crippen LogP) is 1.70. The maximum absolute atomic E-state index is 11.0. The van der Waals surface area contributed by atoms with Gasteiger partial charge in [0.2, 0.25) is 0 Å². The zero-order chi connectivity index (χ0) is 9.71. The van der Waals surface area contributed by atoms with Crippen LogP contribution in [0.25, 0.3) is 0 Å². The number of hydrogen-bond donors (Lipinski definition) is 1. The summed E-state index contributed by atoms with van der Waals surface area (Å²) in [6.45, 7) is 2.06. The van der Waals surface area contributed by atoms with Crippen LogP contribution in [0.1, 0.15) is 22.7 Å². The quantitative estimate of drug-likeness (QED) is 0.674. The number of carbonyl (C=O) groups is 1. The van der Waals surface area contributed by atoms with Gasteiger partial charge in [0.1, 0.15) is 6.10 Å². The fourth-order valence-electron chi connectivity index (χ4n) is 2.30. The van der Waals surface area contributed by atoms with Crippen molar-refractivity contribution in [3.05, 3.63) is 34.9 Å². The highest BCUT2D eigenvalue weighted by molar-refractivity contribution is 5.71. The molecule has 1 amide bonds. The molecule has 0 bridgehead atoms. The van der Waals surface area contributed by atoms with Crippen LogP contribution in [0.15, 0.2) is 18.2 Å². The third kappa shape index (κ3) is 0.953. The monoisotopic (exact) mass is 189 g/mol. The number of benzene rings is 1. The Bertz CT molecular complexity index is 414. The number of amides is 1. The number of alkyl carbamates (subject to hydrolysis) is 1. The molecule has 3 nitrogen and oxygen atoms in total. The van der Waals surface area contributed by atoms with E-state index in [0.29, 0.717) is 0 Å². The van der Waals surface area contributed by atoms with Gasteiger partial charge in [0, 0.05) is 6.42 Å². The van der Waals surface area contributed by atoms with Gasteiger partial charge in [0.15, 0.2) is 0 Å². The van der Waals surface area contributed by atoms with E-state index >= 15 is 0 Å². The number of hydrogen-bond acceptors (Lipinski definition) is 2. The van der Waals surface area contributed by atoms with E-state index in [2.05, 4.69) is 30.4 Å². The van der Waals surface area contributed by atoms with E-state index < -0.39 is 0 Å². The average Bonchev–Trinajstić information content (AvgIpc) is 2.62. The Morgan fingerprint density at radius 3 is 3.21 bits per heavy atom. The zero-order valence-electron chi connectivity index (χ0n) is 7.91. The largest absolute Gasteiger partial charge is 0.443 e. The van der Waals surface area contributed by atoms with Crippen molar-refractivity contribution < 1.29 is 9.53 Å². The van der Waals surface area contributed by atoms with Crippen LogP contribution < -0.4 is 5.32 Å². The molecule has 1 N–H and O–H groups in total. The Morgan fingerprint density at radius 2 is 2.36 bits per heavy atom. The van der Waals surface area contributed by atoms with Crippen LogP contribution in [0, 0.1) is 6.92 Å². The van der Waals surface area contributed by atoms with Crippen molar-refractivity contribution in [2.45, 2.75) is 25.5 Å². The minimum Gasteiger partial charge on any atom is -0.443 e. The number of aryl methyl sites for hydroxylation is 1. The predicted molar refractivity (Wildman–Crippen MR) is 51.0 cm³/mol. The highest BCUT2D eigenvalue weighted by Gasteiger charge is 2.41. The van der Waals surface area contributed by atoms with E-state index in [1.807, 2.05) is 0 Å². The summed E-state index contributed by atoms with van der Waals surface area (Å²) in [6.07, 6.45) is 0.574. The summed E-state index contributed by atoms with van der Waals surface area (Å²) < 4.78 is 5.16. The second kappa shape index (κ2) is 2.50. The maximum atomic E-state index is 11.0. The topological polar surface area (TPSA) is 38.3 Å². The smallest absolute Gasteiger partial charge is 0.408 e.